The summed E-state index contributed by atoms with van der Waals surface area (Å²) in [5.74, 6) is -0.301. The molecule has 0 saturated carbocycles. The van der Waals surface area contributed by atoms with Crippen LogP contribution in [0.1, 0.15) is 21.6 Å². The van der Waals surface area contributed by atoms with Crippen LogP contribution in [0.2, 0.25) is 0 Å². The van der Waals surface area contributed by atoms with Gasteiger partial charge in [0.2, 0.25) is 5.91 Å². The van der Waals surface area contributed by atoms with Crippen molar-refractivity contribution in [3.8, 4) is 22.6 Å². The van der Waals surface area contributed by atoms with Crippen molar-refractivity contribution >= 4 is 23.2 Å². The predicted molar refractivity (Wildman–Crippen MR) is 130 cm³/mol. The fraction of sp³-hybridized carbons (Fsp3) is 0.231. The van der Waals surface area contributed by atoms with Gasteiger partial charge in [-0.25, -0.2) is 0 Å². The van der Waals surface area contributed by atoms with Crippen molar-refractivity contribution in [2.45, 2.75) is 12.1 Å². The van der Waals surface area contributed by atoms with Gasteiger partial charge in [0.15, 0.2) is 5.96 Å². The van der Waals surface area contributed by atoms with E-state index in [9.17, 15) is 15.3 Å². The topological polar surface area (TPSA) is 107 Å². The highest BCUT2D eigenvalue weighted by Crippen LogP contribution is 2.45. The van der Waals surface area contributed by atoms with E-state index in [1.54, 1.807) is 25.2 Å². The summed E-state index contributed by atoms with van der Waals surface area (Å²) in [6.45, 7) is 1.91. The van der Waals surface area contributed by atoms with E-state index < -0.39 is 5.54 Å². The largest absolute Gasteiger partial charge is 0.344 e. The number of guanidine groups is 1. The van der Waals surface area contributed by atoms with E-state index in [-0.39, 0.29) is 17.8 Å². The number of nitrogens with zero attached hydrogens (tertiary/aromatic N) is 4. The maximum Gasteiger partial charge on any atom is 0.236 e. The molecule has 8 heteroatoms. The Morgan fingerprint density at radius 1 is 1.12 bits per heavy atom. The quantitative estimate of drug-likeness (QED) is 0.612. The zero-order valence-electron chi connectivity index (χ0n) is 18.6. The summed E-state index contributed by atoms with van der Waals surface area (Å²) in [6.07, 6.45) is 0. The van der Waals surface area contributed by atoms with Crippen LogP contribution in [0.4, 0.5) is 0 Å². The zero-order chi connectivity index (χ0) is 23.9. The second-order valence-electron chi connectivity index (χ2n) is 8.74. The van der Waals surface area contributed by atoms with E-state index in [0.717, 1.165) is 21.9 Å². The Kier molecular flexibility index (Phi) is 5.41. The minimum absolute atomic E-state index is 0.0625. The molecule has 0 spiro atoms. The zero-order valence-corrected chi connectivity index (χ0v) is 19.4. The lowest BCUT2D eigenvalue weighted by atomic mass is 9.83. The van der Waals surface area contributed by atoms with E-state index in [1.807, 2.05) is 30.3 Å². The molecule has 2 fully saturated rings. The van der Waals surface area contributed by atoms with Gasteiger partial charge in [-0.1, -0.05) is 30.3 Å². The van der Waals surface area contributed by atoms with Gasteiger partial charge in [0.1, 0.15) is 0 Å². The fourth-order valence-electron chi connectivity index (χ4n) is 4.90. The highest BCUT2D eigenvalue weighted by Gasteiger charge is 2.56. The number of hydrogen-bond donors (Lipinski definition) is 2. The van der Waals surface area contributed by atoms with Crippen molar-refractivity contribution in [2.24, 2.45) is 5.92 Å². The molecule has 168 valence electrons. The normalized spacial score (nSPS) is 22.1. The molecule has 1 aromatic heterocycles. The average molecular weight is 467 g/mol. The number of hydrogen-bond acceptors (Lipinski definition) is 6. The standard InChI is InChI=1S/C26H22N6OS/c1-31-24(33)21-15-32(14-17-5-3-2-4-6-17)16-26(21,30-25(31)29)23-8-7-22(34-23)20-10-18(12-27)9-19(11-20)13-28/h2-11,21H,14-16H2,1H3,(H2,29,30)/t21-,26-/m0/s1. The molecule has 2 aliphatic rings. The first-order valence-electron chi connectivity index (χ1n) is 10.9. The van der Waals surface area contributed by atoms with Gasteiger partial charge in [0.25, 0.3) is 0 Å². The Balaban J connectivity index is 1.54. The Morgan fingerprint density at radius 3 is 2.50 bits per heavy atom. The van der Waals surface area contributed by atoms with Crippen LogP contribution in [-0.2, 0) is 16.9 Å². The Morgan fingerprint density at radius 2 is 1.82 bits per heavy atom. The van der Waals surface area contributed by atoms with E-state index in [2.05, 4.69) is 34.5 Å². The van der Waals surface area contributed by atoms with Gasteiger partial charge in [-0.15, -0.1) is 11.3 Å². The van der Waals surface area contributed by atoms with Crippen molar-refractivity contribution in [3.63, 3.8) is 0 Å². The third-order valence-electron chi connectivity index (χ3n) is 6.58. The lowest BCUT2D eigenvalue weighted by Crippen LogP contribution is -2.64. The molecule has 3 heterocycles. The first-order valence-corrected chi connectivity index (χ1v) is 11.7. The first-order chi connectivity index (χ1) is 16.4. The molecule has 34 heavy (non-hydrogen) atoms. The number of fused-ring (bicyclic) bond motifs is 1. The molecule has 0 aliphatic carbocycles. The number of rotatable bonds is 4. The summed E-state index contributed by atoms with van der Waals surface area (Å²) in [7, 11) is 1.64. The van der Waals surface area contributed by atoms with E-state index in [0.29, 0.717) is 24.2 Å². The summed E-state index contributed by atoms with van der Waals surface area (Å²) in [4.78, 5) is 18.8. The highest BCUT2D eigenvalue weighted by atomic mass is 32.1. The van der Waals surface area contributed by atoms with Crippen molar-refractivity contribution in [1.29, 1.82) is 15.9 Å². The molecule has 2 N–H and O–H groups in total. The molecule has 2 aromatic carbocycles. The van der Waals surface area contributed by atoms with Gasteiger partial charge in [-0.3, -0.25) is 20.0 Å². The Bertz CT molecular complexity index is 1340. The van der Waals surface area contributed by atoms with Gasteiger partial charge < -0.3 is 5.32 Å². The van der Waals surface area contributed by atoms with Crippen LogP contribution in [0, 0.1) is 34.0 Å². The molecule has 7 nitrogen and oxygen atoms in total. The molecule has 2 saturated heterocycles. The van der Waals surface area contributed by atoms with Crippen LogP contribution in [-0.4, -0.2) is 41.8 Å². The van der Waals surface area contributed by atoms with Gasteiger partial charge in [-0.2, -0.15) is 10.5 Å². The van der Waals surface area contributed by atoms with Crippen LogP contribution < -0.4 is 5.32 Å². The second kappa shape index (κ2) is 8.42. The summed E-state index contributed by atoms with van der Waals surface area (Å²) in [5, 5.41) is 30.5. The fourth-order valence-corrected chi connectivity index (χ4v) is 6.09. The van der Waals surface area contributed by atoms with Crippen molar-refractivity contribution in [1.82, 2.24) is 15.1 Å². The second-order valence-corrected chi connectivity index (χ2v) is 9.82. The molecular formula is C26H22N6OS. The molecule has 0 radical (unpaired) electrons. The molecule has 2 aliphatic heterocycles. The number of benzene rings is 2. The van der Waals surface area contributed by atoms with Gasteiger partial charge in [0.05, 0.1) is 34.7 Å². The minimum Gasteiger partial charge on any atom is -0.344 e. The van der Waals surface area contributed by atoms with Crippen molar-refractivity contribution < 1.29 is 4.79 Å². The number of nitriles is 2. The van der Waals surface area contributed by atoms with Crippen molar-refractivity contribution in [2.75, 3.05) is 20.1 Å². The number of carbonyl (C=O) groups excluding carboxylic acids is 1. The molecule has 0 unspecified atom stereocenters. The molecule has 1 amide bonds. The van der Waals surface area contributed by atoms with Gasteiger partial charge in [0, 0.05) is 36.4 Å². The number of nitrogens with one attached hydrogen (secondary N) is 2. The molecule has 3 aromatic rings. The Labute approximate surface area is 202 Å². The summed E-state index contributed by atoms with van der Waals surface area (Å²) < 4.78 is 0. The highest BCUT2D eigenvalue weighted by molar-refractivity contribution is 7.15. The number of thiophene rings is 1. The molecular weight excluding hydrogens is 444 g/mol. The van der Waals surface area contributed by atoms with E-state index in [4.69, 9.17) is 5.41 Å². The van der Waals surface area contributed by atoms with E-state index in [1.165, 1.54) is 21.8 Å². The van der Waals surface area contributed by atoms with Crippen LogP contribution in [0.15, 0.2) is 60.7 Å². The summed E-state index contributed by atoms with van der Waals surface area (Å²) >= 11 is 1.54. The maximum atomic E-state index is 13.3. The van der Waals surface area contributed by atoms with Crippen LogP contribution >= 0.6 is 11.3 Å². The van der Waals surface area contributed by atoms with E-state index >= 15 is 0 Å². The first kappa shape index (κ1) is 21.8. The van der Waals surface area contributed by atoms with Crippen LogP contribution in [0.25, 0.3) is 10.4 Å². The molecule has 2 atom stereocenters. The molecule has 0 bridgehead atoms. The molecule has 5 rings (SSSR count). The summed E-state index contributed by atoms with van der Waals surface area (Å²) in [5.41, 5.74) is 2.14. The average Bonchev–Trinajstić information content (AvgIpc) is 3.49. The predicted octanol–water partition coefficient (Wildman–Crippen LogP) is 3.48. The number of likely N-dealkylation sites (tertiary alicyclic amines) is 1. The third kappa shape index (κ3) is 3.63. The number of amides is 1. The summed E-state index contributed by atoms with van der Waals surface area (Å²) in [6, 6.07) is 23.5. The van der Waals surface area contributed by atoms with Crippen LogP contribution in [0.3, 0.4) is 0 Å². The maximum absolute atomic E-state index is 13.3. The van der Waals surface area contributed by atoms with Gasteiger partial charge >= 0.3 is 0 Å². The lowest BCUT2D eigenvalue weighted by Gasteiger charge is -2.42. The third-order valence-corrected chi connectivity index (χ3v) is 7.90. The van der Waals surface area contributed by atoms with Crippen molar-refractivity contribution in [3.05, 3.63) is 82.2 Å². The minimum atomic E-state index is -0.705. The number of carbonyl (C=O) groups is 1. The monoisotopic (exact) mass is 466 g/mol. The Hall–Kier alpha value is -3.98. The lowest BCUT2D eigenvalue weighted by molar-refractivity contribution is -0.134. The SMILES string of the molecule is CN1C(=N)N[C@@]2(c3ccc(-c4cc(C#N)cc(C#N)c4)s3)CN(Cc3ccccc3)C[C@H]2C1=O. The van der Waals surface area contributed by atoms with Crippen LogP contribution in [0.5, 0.6) is 0 Å². The van der Waals surface area contributed by atoms with Gasteiger partial charge in [-0.05, 0) is 41.5 Å². The smallest absolute Gasteiger partial charge is 0.236 e.